The molecule has 1 aromatic rings. The van der Waals surface area contributed by atoms with Gasteiger partial charge >= 0.3 is 0 Å². The van der Waals surface area contributed by atoms with Crippen LogP contribution in [-0.4, -0.2) is 37.6 Å². The zero-order valence-corrected chi connectivity index (χ0v) is 9.86. The molecular formula is C13H20N2O. The van der Waals surface area contributed by atoms with Gasteiger partial charge in [0.2, 0.25) is 0 Å². The summed E-state index contributed by atoms with van der Waals surface area (Å²) >= 11 is 0. The standard InChI is InChI=1S/C13H20N2O/c1-15-9-6-12(7-10-15)14-8-2-4-13-5-3-11-16-13/h2-5,11-12,14H,6-10H2,1H3/b4-2+. The highest BCUT2D eigenvalue weighted by atomic mass is 16.3. The van der Waals surface area contributed by atoms with Crippen LogP contribution in [0.5, 0.6) is 0 Å². The lowest BCUT2D eigenvalue weighted by Gasteiger charge is -2.29. The van der Waals surface area contributed by atoms with E-state index in [9.17, 15) is 0 Å². The normalized spacial score (nSPS) is 19.6. The van der Waals surface area contributed by atoms with Crippen LogP contribution in [0.1, 0.15) is 18.6 Å². The van der Waals surface area contributed by atoms with Crippen molar-refractivity contribution in [1.82, 2.24) is 10.2 Å². The lowest BCUT2D eigenvalue weighted by Crippen LogP contribution is -2.40. The molecule has 0 saturated carbocycles. The van der Waals surface area contributed by atoms with Crippen molar-refractivity contribution >= 4 is 6.08 Å². The fraction of sp³-hybridized carbons (Fsp3) is 0.538. The van der Waals surface area contributed by atoms with Gasteiger partial charge in [-0.25, -0.2) is 0 Å². The summed E-state index contributed by atoms with van der Waals surface area (Å²) in [5.74, 6) is 0.921. The molecule has 1 aromatic heterocycles. The second kappa shape index (κ2) is 5.87. The topological polar surface area (TPSA) is 28.4 Å². The van der Waals surface area contributed by atoms with Gasteiger partial charge in [0.1, 0.15) is 5.76 Å². The van der Waals surface area contributed by atoms with E-state index < -0.39 is 0 Å². The first-order valence-corrected chi connectivity index (χ1v) is 5.96. The third-order valence-corrected chi connectivity index (χ3v) is 3.07. The molecule has 0 bridgehead atoms. The Morgan fingerprint density at radius 3 is 3.00 bits per heavy atom. The van der Waals surface area contributed by atoms with E-state index in [1.807, 2.05) is 18.2 Å². The Morgan fingerprint density at radius 2 is 2.31 bits per heavy atom. The Balaban J connectivity index is 1.64. The Morgan fingerprint density at radius 1 is 1.50 bits per heavy atom. The first-order chi connectivity index (χ1) is 7.84. The van der Waals surface area contributed by atoms with E-state index in [-0.39, 0.29) is 0 Å². The Bertz CT molecular complexity index is 311. The molecule has 1 N–H and O–H groups in total. The van der Waals surface area contributed by atoms with Crippen molar-refractivity contribution in [2.45, 2.75) is 18.9 Å². The van der Waals surface area contributed by atoms with Gasteiger partial charge in [0.25, 0.3) is 0 Å². The number of furan rings is 1. The predicted octanol–water partition coefficient (Wildman–Crippen LogP) is 1.98. The summed E-state index contributed by atoms with van der Waals surface area (Å²) in [5, 5.41) is 3.55. The molecule has 3 heteroatoms. The van der Waals surface area contributed by atoms with Gasteiger partial charge in [-0.1, -0.05) is 6.08 Å². The molecule has 0 unspecified atom stereocenters. The molecule has 88 valence electrons. The number of likely N-dealkylation sites (tertiary alicyclic amines) is 1. The minimum absolute atomic E-state index is 0.678. The molecule has 16 heavy (non-hydrogen) atoms. The molecule has 0 atom stereocenters. The molecule has 1 fully saturated rings. The van der Waals surface area contributed by atoms with Gasteiger partial charge in [-0.3, -0.25) is 0 Å². The highest BCUT2D eigenvalue weighted by Gasteiger charge is 2.14. The Hall–Kier alpha value is -1.06. The molecule has 0 spiro atoms. The van der Waals surface area contributed by atoms with Gasteiger partial charge in [-0.05, 0) is 51.2 Å². The number of piperidine rings is 1. The summed E-state index contributed by atoms with van der Waals surface area (Å²) in [4.78, 5) is 2.39. The van der Waals surface area contributed by atoms with Crippen molar-refractivity contribution < 1.29 is 4.42 Å². The molecule has 1 aliphatic heterocycles. The molecule has 2 heterocycles. The first-order valence-electron chi connectivity index (χ1n) is 5.96. The van der Waals surface area contributed by atoms with E-state index in [1.54, 1.807) is 6.26 Å². The Labute approximate surface area is 97.1 Å². The van der Waals surface area contributed by atoms with Crippen molar-refractivity contribution in [3.05, 3.63) is 30.2 Å². The van der Waals surface area contributed by atoms with Crippen LogP contribution in [0.25, 0.3) is 6.08 Å². The van der Waals surface area contributed by atoms with E-state index in [0.29, 0.717) is 6.04 Å². The fourth-order valence-corrected chi connectivity index (χ4v) is 2.01. The van der Waals surface area contributed by atoms with Crippen molar-refractivity contribution in [2.24, 2.45) is 0 Å². The first kappa shape index (κ1) is 11.4. The third-order valence-electron chi connectivity index (χ3n) is 3.07. The number of hydrogen-bond acceptors (Lipinski definition) is 3. The Kier molecular flexibility index (Phi) is 4.19. The van der Waals surface area contributed by atoms with E-state index in [1.165, 1.54) is 25.9 Å². The zero-order chi connectivity index (χ0) is 11.2. The van der Waals surface area contributed by atoms with Crippen LogP contribution in [0.4, 0.5) is 0 Å². The van der Waals surface area contributed by atoms with Crippen LogP contribution < -0.4 is 5.32 Å². The highest BCUT2D eigenvalue weighted by Crippen LogP contribution is 2.08. The minimum atomic E-state index is 0.678. The maximum absolute atomic E-state index is 5.22. The van der Waals surface area contributed by atoms with Crippen LogP contribution in [0.2, 0.25) is 0 Å². The number of rotatable bonds is 4. The summed E-state index contributed by atoms with van der Waals surface area (Å²) in [7, 11) is 2.19. The number of nitrogens with zero attached hydrogens (tertiary/aromatic N) is 1. The van der Waals surface area contributed by atoms with Crippen molar-refractivity contribution in [3.8, 4) is 0 Å². The quantitative estimate of drug-likeness (QED) is 0.841. The summed E-state index contributed by atoms with van der Waals surface area (Å²) < 4.78 is 5.22. The largest absolute Gasteiger partial charge is 0.465 e. The second-order valence-corrected chi connectivity index (χ2v) is 4.40. The summed E-state index contributed by atoms with van der Waals surface area (Å²) in [6.45, 7) is 3.34. The SMILES string of the molecule is CN1CCC(NC/C=C/c2ccco2)CC1. The maximum Gasteiger partial charge on any atom is 0.126 e. The van der Waals surface area contributed by atoms with Crippen molar-refractivity contribution in [1.29, 1.82) is 0 Å². The summed E-state index contributed by atoms with van der Waals surface area (Å²) in [6.07, 6.45) is 8.35. The second-order valence-electron chi connectivity index (χ2n) is 4.40. The summed E-state index contributed by atoms with van der Waals surface area (Å²) in [5.41, 5.74) is 0. The lowest BCUT2D eigenvalue weighted by atomic mass is 10.1. The third kappa shape index (κ3) is 3.51. The van der Waals surface area contributed by atoms with Gasteiger partial charge in [0, 0.05) is 12.6 Å². The minimum Gasteiger partial charge on any atom is -0.465 e. The smallest absolute Gasteiger partial charge is 0.126 e. The van der Waals surface area contributed by atoms with E-state index in [0.717, 1.165) is 12.3 Å². The van der Waals surface area contributed by atoms with Gasteiger partial charge in [0.15, 0.2) is 0 Å². The molecule has 1 aliphatic rings. The van der Waals surface area contributed by atoms with Gasteiger partial charge in [-0.2, -0.15) is 0 Å². The predicted molar refractivity (Wildman–Crippen MR) is 66.3 cm³/mol. The van der Waals surface area contributed by atoms with E-state index in [4.69, 9.17) is 4.42 Å². The molecule has 0 aromatic carbocycles. The van der Waals surface area contributed by atoms with Gasteiger partial charge < -0.3 is 14.6 Å². The highest BCUT2D eigenvalue weighted by molar-refractivity contribution is 5.42. The van der Waals surface area contributed by atoms with Crippen LogP contribution in [0, 0.1) is 0 Å². The van der Waals surface area contributed by atoms with E-state index in [2.05, 4.69) is 23.3 Å². The fourth-order valence-electron chi connectivity index (χ4n) is 2.01. The molecule has 0 radical (unpaired) electrons. The number of hydrogen-bond donors (Lipinski definition) is 1. The van der Waals surface area contributed by atoms with Crippen LogP contribution in [-0.2, 0) is 0 Å². The zero-order valence-electron chi connectivity index (χ0n) is 9.86. The monoisotopic (exact) mass is 220 g/mol. The molecule has 3 nitrogen and oxygen atoms in total. The van der Waals surface area contributed by atoms with Crippen LogP contribution in [0.15, 0.2) is 28.9 Å². The van der Waals surface area contributed by atoms with Gasteiger partial charge in [-0.15, -0.1) is 0 Å². The average Bonchev–Trinajstić information content (AvgIpc) is 2.80. The van der Waals surface area contributed by atoms with Crippen LogP contribution in [0.3, 0.4) is 0 Å². The molecular weight excluding hydrogens is 200 g/mol. The lowest BCUT2D eigenvalue weighted by molar-refractivity contribution is 0.238. The number of nitrogens with one attached hydrogen (secondary N) is 1. The van der Waals surface area contributed by atoms with Crippen molar-refractivity contribution in [2.75, 3.05) is 26.7 Å². The molecule has 2 rings (SSSR count). The van der Waals surface area contributed by atoms with Crippen molar-refractivity contribution in [3.63, 3.8) is 0 Å². The molecule has 1 saturated heterocycles. The maximum atomic E-state index is 5.22. The van der Waals surface area contributed by atoms with E-state index >= 15 is 0 Å². The molecule has 0 aliphatic carbocycles. The summed E-state index contributed by atoms with van der Waals surface area (Å²) in [6, 6.07) is 4.55. The average molecular weight is 220 g/mol. The van der Waals surface area contributed by atoms with Gasteiger partial charge in [0.05, 0.1) is 6.26 Å². The molecule has 0 amide bonds. The van der Waals surface area contributed by atoms with Crippen LogP contribution >= 0.6 is 0 Å².